The molecular formula is C23H30ClNO3. The molecule has 1 heterocycles. The number of carbonyl (C=O) groups is 1. The van der Waals surface area contributed by atoms with Crippen molar-refractivity contribution < 1.29 is 14.6 Å². The highest BCUT2D eigenvalue weighted by Gasteiger charge is 2.24. The minimum absolute atomic E-state index is 0. The molecule has 4 nitrogen and oxygen atoms in total. The van der Waals surface area contributed by atoms with Crippen molar-refractivity contribution in [3.63, 3.8) is 0 Å². The number of carboxylic acids is 1. The molecule has 28 heavy (non-hydrogen) atoms. The lowest BCUT2D eigenvalue weighted by atomic mass is 10.0. The van der Waals surface area contributed by atoms with E-state index in [1.165, 1.54) is 23.1 Å². The van der Waals surface area contributed by atoms with Crippen LogP contribution in [0.5, 0.6) is 0 Å². The second kappa shape index (κ2) is 11.8. The molecule has 0 aliphatic carbocycles. The Balaban J connectivity index is 0.00000280. The Labute approximate surface area is 173 Å². The number of hydrogen-bond donors (Lipinski definition) is 1. The first-order valence-corrected chi connectivity index (χ1v) is 9.86. The van der Waals surface area contributed by atoms with Crippen LogP contribution in [0.25, 0.3) is 0 Å². The van der Waals surface area contributed by atoms with Gasteiger partial charge in [-0.3, -0.25) is 9.69 Å². The number of halogens is 1. The van der Waals surface area contributed by atoms with Crippen LogP contribution in [0.1, 0.15) is 42.4 Å². The predicted molar refractivity (Wildman–Crippen MR) is 114 cm³/mol. The van der Waals surface area contributed by atoms with E-state index in [2.05, 4.69) is 53.4 Å². The van der Waals surface area contributed by atoms with Gasteiger partial charge in [0.2, 0.25) is 0 Å². The van der Waals surface area contributed by atoms with Gasteiger partial charge in [0.1, 0.15) is 0 Å². The zero-order valence-electron chi connectivity index (χ0n) is 16.3. The second-order valence-corrected chi connectivity index (χ2v) is 7.32. The molecular weight excluding hydrogens is 374 g/mol. The molecule has 1 saturated heterocycles. The molecule has 152 valence electrons. The van der Waals surface area contributed by atoms with Crippen molar-refractivity contribution in [2.24, 2.45) is 0 Å². The maximum atomic E-state index is 10.7. The first kappa shape index (κ1) is 22.4. The van der Waals surface area contributed by atoms with Gasteiger partial charge in [-0.15, -0.1) is 12.4 Å². The third kappa shape index (κ3) is 7.27. The summed E-state index contributed by atoms with van der Waals surface area (Å²) in [5, 5.41) is 8.78. The second-order valence-electron chi connectivity index (χ2n) is 7.32. The van der Waals surface area contributed by atoms with E-state index < -0.39 is 5.97 Å². The minimum atomic E-state index is -0.710. The molecule has 0 unspecified atom stereocenters. The maximum absolute atomic E-state index is 10.7. The van der Waals surface area contributed by atoms with Crippen molar-refractivity contribution in [3.8, 4) is 0 Å². The zero-order chi connectivity index (χ0) is 18.9. The topological polar surface area (TPSA) is 49.8 Å². The molecule has 0 spiro atoms. The van der Waals surface area contributed by atoms with Gasteiger partial charge in [-0.05, 0) is 55.5 Å². The fourth-order valence-electron chi connectivity index (χ4n) is 3.71. The Morgan fingerprint density at radius 1 is 1.04 bits per heavy atom. The van der Waals surface area contributed by atoms with Gasteiger partial charge in [-0.2, -0.15) is 0 Å². The summed E-state index contributed by atoms with van der Waals surface area (Å²) in [7, 11) is 0. The van der Waals surface area contributed by atoms with Gasteiger partial charge in [-0.1, -0.05) is 54.6 Å². The van der Waals surface area contributed by atoms with E-state index in [4.69, 9.17) is 9.84 Å². The number of likely N-dealkylation sites (tertiary alicyclic amines) is 1. The summed E-state index contributed by atoms with van der Waals surface area (Å²) < 4.78 is 5.96. The van der Waals surface area contributed by atoms with Crippen molar-refractivity contribution in [2.45, 2.75) is 44.8 Å². The summed E-state index contributed by atoms with van der Waals surface area (Å²) in [4.78, 5) is 13.0. The molecule has 0 aromatic heterocycles. The fourth-order valence-corrected chi connectivity index (χ4v) is 3.71. The number of aliphatic carboxylic acids is 1. The van der Waals surface area contributed by atoms with Crippen LogP contribution in [-0.2, 0) is 22.6 Å². The number of benzene rings is 2. The van der Waals surface area contributed by atoms with E-state index in [1.54, 1.807) is 0 Å². The molecule has 0 radical (unpaired) electrons. The van der Waals surface area contributed by atoms with Crippen LogP contribution < -0.4 is 0 Å². The lowest BCUT2D eigenvalue weighted by molar-refractivity contribution is -0.137. The highest BCUT2D eigenvalue weighted by atomic mass is 35.5. The summed E-state index contributed by atoms with van der Waals surface area (Å²) in [6.07, 6.45) is 4.24. The van der Waals surface area contributed by atoms with Crippen LogP contribution in [0, 0.1) is 0 Å². The molecule has 3 rings (SSSR count). The van der Waals surface area contributed by atoms with Gasteiger partial charge in [-0.25, -0.2) is 0 Å². The minimum Gasteiger partial charge on any atom is -0.481 e. The van der Waals surface area contributed by atoms with Gasteiger partial charge in [0.05, 0.1) is 13.2 Å². The number of hydrogen-bond acceptors (Lipinski definition) is 3. The molecule has 0 saturated carbocycles. The normalized spacial score (nSPS) is 16.6. The van der Waals surface area contributed by atoms with Crippen molar-refractivity contribution >= 4 is 18.4 Å². The van der Waals surface area contributed by atoms with Crippen molar-refractivity contribution in [2.75, 3.05) is 19.7 Å². The van der Waals surface area contributed by atoms with Crippen molar-refractivity contribution in [1.82, 2.24) is 4.90 Å². The molecule has 0 bridgehead atoms. The molecule has 2 aromatic rings. The number of rotatable bonds is 10. The Morgan fingerprint density at radius 2 is 1.71 bits per heavy atom. The molecule has 0 amide bonds. The lowest BCUT2D eigenvalue weighted by Crippen LogP contribution is -2.34. The standard InChI is InChI=1S/C23H29NO3.ClH/c25-23(26)9-5-15-24-14-4-8-22(24)18-27-17-21-12-10-20(11-13-21)16-19-6-2-1-3-7-19;/h1-3,6-7,10-13,22H,4-5,8-9,14-18H2,(H,25,26);1H/t22-;/m1./s1. The van der Waals surface area contributed by atoms with Crippen molar-refractivity contribution in [3.05, 3.63) is 71.3 Å². The molecule has 2 aromatic carbocycles. The monoisotopic (exact) mass is 403 g/mol. The van der Waals surface area contributed by atoms with Gasteiger partial charge in [0, 0.05) is 12.5 Å². The summed E-state index contributed by atoms with van der Waals surface area (Å²) >= 11 is 0. The molecule has 1 atom stereocenters. The third-order valence-corrected chi connectivity index (χ3v) is 5.19. The van der Waals surface area contributed by atoms with E-state index in [1.807, 2.05) is 6.07 Å². The van der Waals surface area contributed by atoms with Gasteiger partial charge >= 0.3 is 5.97 Å². The summed E-state index contributed by atoms with van der Waals surface area (Å²) in [5.74, 6) is -0.710. The van der Waals surface area contributed by atoms with E-state index in [-0.39, 0.29) is 18.8 Å². The Kier molecular flexibility index (Phi) is 9.48. The van der Waals surface area contributed by atoms with E-state index in [0.29, 0.717) is 19.1 Å². The lowest BCUT2D eigenvalue weighted by Gasteiger charge is -2.24. The van der Waals surface area contributed by atoms with Crippen LogP contribution in [0.4, 0.5) is 0 Å². The Morgan fingerprint density at radius 3 is 2.43 bits per heavy atom. The Bertz CT molecular complexity index is 706. The first-order valence-electron chi connectivity index (χ1n) is 9.86. The van der Waals surface area contributed by atoms with E-state index >= 15 is 0 Å². The predicted octanol–water partition coefficient (Wildman–Crippen LogP) is 4.55. The number of ether oxygens (including phenoxy) is 1. The average Bonchev–Trinajstić information content (AvgIpc) is 3.11. The zero-order valence-corrected chi connectivity index (χ0v) is 17.1. The first-order chi connectivity index (χ1) is 13.2. The van der Waals surface area contributed by atoms with Crippen molar-refractivity contribution in [1.29, 1.82) is 0 Å². The van der Waals surface area contributed by atoms with Crippen LogP contribution in [-0.4, -0.2) is 41.7 Å². The molecule has 1 N–H and O–H groups in total. The van der Waals surface area contributed by atoms with Crippen LogP contribution in [0.2, 0.25) is 0 Å². The molecule has 1 fully saturated rings. The third-order valence-electron chi connectivity index (χ3n) is 5.19. The summed E-state index contributed by atoms with van der Waals surface area (Å²) in [6, 6.07) is 19.6. The summed E-state index contributed by atoms with van der Waals surface area (Å²) in [6.45, 7) is 3.26. The quantitative estimate of drug-likeness (QED) is 0.632. The largest absolute Gasteiger partial charge is 0.481 e. The maximum Gasteiger partial charge on any atom is 0.303 e. The highest BCUT2D eigenvalue weighted by molar-refractivity contribution is 5.85. The smallest absolute Gasteiger partial charge is 0.303 e. The summed E-state index contributed by atoms with van der Waals surface area (Å²) in [5.41, 5.74) is 3.83. The number of nitrogens with zero attached hydrogens (tertiary/aromatic N) is 1. The van der Waals surface area contributed by atoms with Crippen LogP contribution >= 0.6 is 12.4 Å². The fraction of sp³-hybridized carbons (Fsp3) is 0.435. The van der Waals surface area contributed by atoms with Gasteiger partial charge < -0.3 is 9.84 Å². The van der Waals surface area contributed by atoms with E-state index in [0.717, 1.165) is 32.5 Å². The highest BCUT2D eigenvalue weighted by Crippen LogP contribution is 2.19. The molecule has 5 heteroatoms. The van der Waals surface area contributed by atoms with Gasteiger partial charge in [0.15, 0.2) is 0 Å². The SMILES string of the molecule is Cl.O=C(O)CCCN1CCC[C@@H]1COCc1ccc(Cc2ccccc2)cc1. The Hall–Kier alpha value is -1.88. The van der Waals surface area contributed by atoms with Gasteiger partial charge in [0.25, 0.3) is 0 Å². The molecule has 1 aliphatic heterocycles. The number of carboxylic acid groups (broad SMARTS) is 1. The molecule has 1 aliphatic rings. The van der Waals surface area contributed by atoms with E-state index in [9.17, 15) is 4.79 Å². The van der Waals surface area contributed by atoms with Crippen LogP contribution in [0.3, 0.4) is 0 Å². The average molecular weight is 404 g/mol. The van der Waals surface area contributed by atoms with Crippen LogP contribution in [0.15, 0.2) is 54.6 Å².